The molecule has 1 amide bonds. The molecule has 0 saturated heterocycles. The molecule has 8 heteroatoms. The highest BCUT2D eigenvalue weighted by Gasteiger charge is 2.29. The Morgan fingerprint density at radius 2 is 1.73 bits per heavy atom. The fourth-order valence-electron chi connectivity index (χ4n) is 1.78. The molecule has 0 aliphatic heterocycles. The number of ether oxygens (including phenoxy) is 1. The molecule has 0 fully saturated rings. The summed E-state index contributed by atoms with van der Waals surface area (Å²) in [7, 11) is 0. The van der Waals surface area contributed by atoms with Gasteiger partial charge in [-0.05, 0) is 44.5 Å². The fraction of sp³-hybridized carbons (Fsp3) is 0.786. The van der Waals surface area contributed by atoms with Crippen LogP contribution in [0, 0.1) is 5.92 Å². The van der Waals surface area contributed by atoms with Gasteiger partial charge in [0.2, 0.25) is 0 Å². The van der Waals surface area contributed by atoms with E-state index in [-0.39, 0.29) is 6.42 Å². The first-order valence-electron chi connectivity index (χ1n) is 7.08. The third-order valence-electron chi connectivity index (χ3n) is 2.79. The summed E-state index contributed by atoms with van der Waals surface area (Å²) in [6, 6.07) is -1.28. The Bertz CT molecular complexity index is 393. The zero-order valence-electron chi connectivity index (χ0n) is 13.1. The number of carbonyl (C=O) groups is 3. The average Bonchev–Trinajstić information content (AvgIpc) is 2.33. The Morgan fingerprint density at radius 1 is 1.14 bits per heavy atom. The van der Waals surface area contributed by atoms with Crippen molar-refractivity contribution < 1.29 is 29.3 Å². The van der Waals surface area contributed by atoms with E-state index in [1.165, 1.54) is 0 Å². The van der Waals surface area contributed by atoms with Gasteiger partial charge in [-0.15, -0.1) is 0 Å². The molecule has 0 radical (unpaired) electrons. The molecule has 0 aliphatic carbocycles. The quantitative estimate of drug-likeness (QED) is 0.295. The number of aliphatic carboxylic acids is 2. The molecular weight excluding hydrogens is 405 g/mol. The van der Waals surface area contributed by atoms with E-state index < -0.39 is 35.6 Å². The van der Waals surface area contributed by atoms with Gasteiger partial charge >= 0.3 is 18.0 Å². The minimum absolute atomic E-state index is 0.162. The standard InChI is InChI=1S/C14H24INO6/c1-14(2,3)22-13(21)16-10(12(19)20)8-9(11(17)18)6-4-5-7-15/h9-10H,4-8H2,1-3H3,(H,16,21)(H,17,18)(H,19,20)/t9-,10-/m0/s1. The number of halogens is 1. The second kappa shape index (κ2) is 9.86. The van der Waals surface area contributed by atoms with E-state index in [1.54, 1.807) is 20.8 Å². The van der Waals surface area contributed by atoms with Gasteiger partial charge in [-0.2, -0.15) is 0 Å². The molecule has 0 aliphatic rings. The first-order valence-corrected chi connectivity index (χ1v) is 8.60. The van der Waals surface area contributed by atoms with Crippen LogP contribution in [0.1, 0.15) is 46.5 Å². The number of hydrogen-bond donors (Lipinski definition) is 3. The Balaban J connectivity index is 4.68. The van der Waals surface area contributed by atoms with Crippen LogP contribution < -0.4 is 5.32 Å². The third-order valence-corrected chi connectivity index (χ3v) is 3.56. The van der Waals surface area contributed by atoms with Gasteiger partial charge in [0.25, 0.3) is 0 Å². The first kappa shape index (κ1) is 20.9. The lowest BCUT2D eigenvalue weighted by molar-refractivity contribution is -0.144. The fourth-order valence-corrected chi connectivity index (χ4v) is 2.32. The van der Waals surface area contributed by atoms with Crippen molar-refractivity contribution in [2.24, 2.45) is 5.92 Å². The molecule has 0 aromatic heterocycles. The number of alkyl halides is 1. The summed E-state index contributed by atoms with van der Waals surface area (Å²) in [5.74, 6) is -3.13. The van der Waals surface area contributed by atoms with E-state index in [9.17, 15) is 19.5 Å². The van der Waals surface area contributed by atoms with E-state index in [1.807, 2.05) is 0 Å². The molecule has 22 heavy (non-hydrogen) atoms. The monoisotopic (exact) mass is 429 g/mol. The largest absolute Gasteiger partial charge is 0.481 e. The van der Waals surface area contributed by atoms with Gasteiger partial charge in [0.05, 0.1) is 5.92 Å². The summed E-state index contributed by atoms with van der Waals surface area (Å²) in [6.07, 6.45) is 0.945. The number of unbranched alkanes of at least 4 members (excludes halogenated alkanes) is 1. The van der Waals surface area contributed by atoms with Crippen molar-refractivity contribution in [3.63, 3.8) is 0 Å². The van der Waals surface area contributed by atoms with Gasteiger partial charge in [-0.1, -0.05) is 29.0 Å². The van der Waals surface area contributed by atoms with Crippen LogP contribution in [0.4, 0.5) is 4.79 Å². The van der Waals surface area contributed by atoms with Gasteiger partial charge < -0.3 is 20.3 Å². The van der Waals surface area contributed by atoms with Gasteiger partial charge in [-0.25, -0.2) is 9.59 Å². The van der Waals surface area contributed by atoms with Crippen LogP contribution in [0.3, 0.4) is 0 Å². The highest BCUT2D eigenvalue weighted by atomic mass is 127. The number of nitrogens with one attached hydrogen (secondary N) is 1. The van der Waals surface area contributed by atoms with E-state index in [4.69, 9.17) is 9.84 Å². The molecule has 0 aromatic carbocycles. The Hall–Kier alpha value is -1.06. The van der Waals surface area contributed by atoms with Crippen molar-refractivity contribution in [1.82, 2.24) is 5.32 Å². The highest BCUT2D eigenvalue weighted by Crippen LogP contribution is 2.17. The second-order valence-corrected chi connectivity index (χ2v) is 7.07. The first-order chi connectivity index (χ1) is 10.1. The predicted octanol–water partition coefficient (Wildman–Crippen LogP) is 2.66. The molecule has 128 valence electrons. The third kappa shape index (κ3) is 9.80. The van der Waals surface area contributed by atoms with Gasteiger partial charge in [-0.3, -0.25) is 4.79 Å². The summed E-state index contributed by atoms with van der Waals surface area (Å²) in [6.45, 7) is 4.98. The molecule has 0 saturated carbocycles. The van der Waals surface area contributed by atoms with Crippen molar-refractivity contribution in [3.05, 3.63) is 0 Å². The number of alkyl carbamates (subject to hydrolysis) is 1. The van der Waals surface area contributed by atoms with Gasteiger partial charge in [0.15, 0.2) is 0 Å². The maximum atomic E-state index is 11.6. The van der Waals surface area contributed by atoms with Crippen molar-refractivity contribution in [3.8, 4) is 0 Å². The molecule has 0 unspecified atom stereocenters. The molecule has 3 N–H and O–H groups in total. The SMILES string of the molecule is CC(C)(C)OC(=O)N[C@@H](C[C@H](CCCCI)C(=O)O)C(=O)O. The van der Waals surface area contributed by atoms with Crippen LogP contribution >= 0.6 is 22.6 Å². The Morgan fingerprint density at radius 3 is 2.14 bits per heavy atom. The molecule has 0 spiro atoms. The lowest BCUT2D eigenvalue weighted by atomic mass is 9.94. The molecular formula is C14H24INO6. The van der Waals surface area contributed by atoms with E-state index in [0.29, 0.717) is 12.8 Å². The summed E-state index contributed by atoms with van der Waals surface area (Å²) in [5, 5.41) is 20.6. The minimum Gasteiger partial charge on any atom is -0.481 e. The average molecular weight is 429 g/mol. The zero-order valence-corrected chi connectivity index (χ0v) is 15.3. The van der Waals surface area contributed by atoms with E-state index in [0.717, 1.165) is 10.8 Å². The minimum atomic E-state index is -1.28. The van der Waals surface area contributed by atoms with E-state index in [2.05, 4.69) is 27.9 Å². The number of rotatable bonds is 9. The van der Waals surface area contributed by atoms with Gasteiger partial charge in [0.1, 0.15) is 11.6 Å². The topological polar surface area (TPSA) is 113 Å². The number of hydrogen-bond acceptors (Lipinski definition) is 4. The lowest BCUT2D eigenvalue weighted by Gasteiger charge is -2.23. The molecule has 0 rings (SSSR count). The summed E-state index contributed by atoms with van der Waals surface area (Å²) in [4.78, 5) is 34.1. The normalized spacial score (nSPS) is 14.0. The van der Waals surface area contributed by atoms with Gasteiger partial charge in [0, 0.05) is 0 Å². The zero-order chi connectivity index (χ0) is 17.3. The maximum absolute atomic E-state index is 11.6. The van der Waals surface area contributed by atoms with Crippen LogP contribution in [0.2, 0.25) is 0 Å². The van der Waals surface area contributed by atoms with E-state index >= 15 is 0 Å². The number of carboxylic acid groups (broad SMARTS) is 2. The molecule has 0 aromatic rings. The van der Waals surface area contributed by atoms with Crippen LogP contribution in [0.15, 0.2) is 0 Å². The molecule has 7 nitrogen and oxygen atoms in total. The maximum Gasteiger partial charge on any atom is 0.408 e. The molecule has 0 bridgehead atoms. The van der Waals surface area contributed by atoms with Crippen LogP contribution in [-0.2, 0) is 14.3 Å². The summed E-state index contributed by atoms with van der Waals surface area (Å²) >= 11 is 2.20. The van der Waals surface area contributed by atoms with Crippen molar-refractivity contribution in [2.75, 3.05) is 4.43 Å². The smallest absolute Gasteiger partial charge is 0.408 e. The second-order valence-electron chi connectivity index (χ2n) is 5.99. The number of carbonyl (C=O) groups excluding carboxylic acids is 1. The number of amides is 1. The van der Waals surface area contributed by atoms with Crippen LogP contribution in [0.5, 0.6) is 0 Å². The predicted molar refractivity (Wildman–Crippen MR) is 89.3 cm³/mol. The van der Waals surface area contributed by atoms with Crippen LogP contribution in [-0.4, -0.2) is 44.3 Å². The van der Waals surface area contributed by atoms with Crippen LogP contribution in [0.25, 0.3) is 0 Å². The highest BCUT2D eigenvalue weighted by molar-refractivity contribution is 14.1. The lowest BCUT2D eigenvalue weighted by Crippen LogP contribution is -2.45. The Labute approximate surface area is 143 Å². The van der Waals surface area contributed by atoms with Crippen molar-refractivity contribution in [2.45, 2.75) is 58.1 Å². The Kier molecular flexibility index (Phi) is 9.38. The van der Waals surface area contributed by atoms with Crippen molar-refractivity contribution in [1.29, 1.82) is 0 Å². The summed E-state index contributed by atoms with van der Waals surface area (Å²) < 4.78 is 5.92. The molecule has 2 atom stereocenters. The molecule has 0 heterocycles. The number of carboxylic acids is 2. The summed E-state index contributed by atoms with van der Waals surface area (Å²) in [5.41, 5.74) is -0.750. The van der Waals surface area contributed by atoms with Crippen molar-refractivity contribution >= 4 is 40.6 Å².